The molecule has 7 heteroatoms. The Labute approximate surface area is 122 Å². The fraction of sp³-hybridized carbons (Fsp3) is 0.545. The Balaban J connectivity index is 2.32. The Morgan fingerprint density at radius 1 is 1.56 bits per heavy atom. The number of halogens is 1. The van der Waals surface area contributed by atoms with Gasteiger partial charge in [0.25, 0.3) is 0 Å². The molecule has 1 aromatic rings. The topological polar surface area (TPSA) is 63.1 Å². The van der Waals surface area contributed by atoms with Crippen LogP contribution < -0.4 is 0 Å². The molecule has 0 aromatic carbocycles. The highest BCUT2D eigenvalue weighted by molar-refractivity contribution is 9.10. The smallest absolute Gasteiger partial charge is 0.355 e. The number of aromatic nitrogens is 2. The first-order chi connectivity index (χ1) is 8.63. The van der Waals surface area contributed by atoms with E-state index in [4.69, 9.17) is 5.11 Å². The van der Waals surface area contributed by atoms with Crippen LogP contribution in [-0.4, -0.2) is 37.8 Å². The van der Waals surface area contributed by atoms with Crippen LogP contribution in [0.2, 0.25) is 0 Å². The van der Waals surface area contributed by atoms with Crippen molar-refractivity contribution < 1.29 is 9.90 Å². The third-order valence-electron chi connectivity index (χ3n) is 2.67. The number of carboxylic acid groups (broad SMARTS) is 1. The summed E-state index contributed by atoms with van der Waals surface area (Å²) >= 11 is 6.92. The molecule has 4 nitrogen and oxygen atoms in total. The van der Waals surface area contributed by atoms with E-state index in [1.165, 1.54) is 0 Å². The van der Waals surface area contributed by atoms with E-state index >= 15 is 0 Å². The first kappa shape index (κ1) is 14.1. The molecule has 18 heavy (non-hydrogen) atoms. The summed E-state index contributed by atoms with van der Waals surface area (Å²) in [6.45, 7) is 2.15. The fourth-order valence-electron chi connectivity index (χ4n) is 1.81. The van der Waals surface area contributed by atoms with Gasteiger partial charge in [-0.05, 0) is 22.4 Å². The summed E-state index contributed by atoms with van der Waals surface area (Å²) in [5.41, 5.74) is 0.0472. The normalized spacial score (nSPS) is 23.9. The average Bonchev–Trinajstić information content (AvgIpc) is 2.39. The van der Waals surface area contributed by atoms with Crippen molar-refractivity contribution in [1.29, 1.82) is 0 Å². The molecule has 0 bridgehead atoms. The van der Waals surface area contributed by atoms with Crippen molar-refractivity contribution in [3.8, 4) is 0 Å². The minimum Gasteiger partial charge on any atom is -0.476 e. The Bertz CT molecular complexity index is 459. The zero-order valence-corrected chi connectivity index (χ0v) is 13.0. The van der Waals surface area contributed by atoms with Gasteiger partial charge in [-0.1, -0.05) is 6.92 Å². The third-order valence-corrected chi connectivity index (χ3v) is 6.50. The van der Waals surface area contributed by atoms with Gasteiger partial charge >= 0.3 is 5.97 Å². The highest BCUT2D eigenvalue weighted by atomic mass is 79.9. The minimum absolute atomic E-state index is 0.0472. The van der Waals surface area contributed by atoms with Gasteiger partial charge < -0.3 is 5.11 Å². The van der Waals surface area contributed by atoms with E-state index in [1.54, 1.807) is 6.20 Å². The fourth-order valence-corrected chi connectivity index (χ4v) is 5.17. The standard InChI is InChI=1S/C11H13BrN2O2S2/c1-2-7-9(18-4-3-17-7)10-13-5-6(12)8(14-10)11(15)16/h5,7,9H,2-4H2,1H3,(H,15,16). The summed E-state index contributed by atoms with van der Waals surface area (Å²) < 4.78 is 0.431. The second-order valence-corrected chi connectivity index (χ2v) is 7.29. The summed E-state index contributed by atoms with van der Waals surface area (Å²) in [4.78, 5) is 19.6. The summed E-state index contributed by atoms with van der Waals surface area (Å²) in [6, 6.07) is 0. The predicted molar refractivity (Wildman–Crippen MR) is 78.4 cm³/mol. The largest absolute Gasteiger partial charge is 0.476 e. The van der Waals surface area contributed by atoms with Crippen LogP contribution in [0.4, 0.5) is 0 Å². The Morgan fingerprint density at radius 3 is 2.94 bits per heavy atom. The maximum absolute atomic E-state index is 11.1. The maximum Gasteiger partial charge on any atom is 0.355 e. The van der Waals surface area contributed by atoms with E-state index in [0.717, 1.165) is 17.9 Å². The predicted octanol–water partition coefficient (Wildman–Crippen LogP) is 3.24. The lowest BCUT2D eigenvalue weighted by Gasteiger charge is -2.28. The van der Waals surface area contributed by atoms with Crippen molar-refractivity contribution in [2.75, 3.05) is 11.5 Å². The molecule has 2 unspecified atom stereocenters. The number of thioether (sulfide) groups is 2. The maximum atomic E-state index is 11.1. The number of carbonyl (C=O) groups is 1. The van der Waals surface area contributed by atoms with Gasteiger partial charge in [-0.25, -0.2) is 14.8 Å². The Morgan fingerprint density at radius 2 is 2.28 bits per heavy atom. The van der Waals surface area contributed by atoms with Crippen LogP contribution in [0.25, 0.3) is 0 Å². The number of carboxylic acids is 1. The van der Waals surface area contributed by atoms with E-state index < -0.39 is 5.97 Å². The van der Waals surface area contributed by atoms with Crippen molar-refractivity contribution in [1.82, 2.24) is 9.97 Å². The molecule has 2 heterocycles. The Hall–Kier alpha value is -0.270. The lowest BCUT2D eigenvalue weighted by molar-refractivity contribution is 0.0688. The first-order valence-electron chi connectivity index (χ1n) is 5.62. The molecule has 2 rings (SSSR count). The molecule has 98 valence electrons. The second-order valence-electron chi connectivity index (χ2n) is 3.84. The first-order valence-corrected chi connectivity index (χ1v) is 8.51. The molecule has 1 aliphatic rings. The summed E-state index contributed by atoms with van der Waals surface area (Å²) in [5.74, 6) is 1.82. The van der Waals surface area contributed by atoms with Crippen LogP contribution >= 0.6 is 39.5 Å². The molecule has 1 fully saturated rings. The van der Waals surface area contributed by atoms with Gasteiger partial charge in [-0.15, -0.1) is 11.8 Å². The molecule has 0 radical (unpaired) electrons. The van der Waals surface area contributed by atoms with E-state index in [9.17, 15) is 4.79 Å². The van der Waals surface area contributed by atoms with E-state index in [-0.39, 0.29) is 10.9 Å². The van der Waals surface area contributed by atoms with Gasteiger partial charge in [0.1, 0.15) is 5.82 Å². The summed E-state index contributed by atoms with van der Waals surface area (Å²) in [7, 11) is 0. The number of hydrogen-bond donors (Lipinski definition) is 1. The molecule has 0 saturated carbocycles. The van der Waals surface area contributed by atoms with Crippen LogP contribution in [-0.2, 0) is 0 Å². The summed E-state index contributed by atoms with van der Waals surface area (Å²) in [6.07, 6.45) is 2.59. The number of nitrogens with zero attached hydrogens (tertiary/aromatic N) is 2. The number of rotatable bonds is 3. The average molecular weight is 349 g/mol. The van der Waals surface area contributed by atoms with Gasteiger partial charge in [0.05, 0.1) is 9.72 Å². The van der Waals surface area contributed by atoms with E-state index in [2.05, 4.69) is 32.8 Å². The number of hydrogen-bond acceptors (Lipinski definition) is 5. The summed E-state index contributed by atoms with van der Waals surface area (Å²) in [5, 5.41) is 9.74. The van der Waals surface area contributed by atoms with Crippen molar-refractivity contribution >= 4 is 45.4 Å². The lowest BCUT2D eigenvalue weighted by atomic mass is 10.2. The van der Waals surface area contributed by atoms with Crippen LogP contribution in [0.5, 0.6) is 0 Å². The van der Waals surface area contributed by atoms with Crippen LogP contribution in [0, 0.1) is 0 Å². The van der Waals surface area contributed by atoms with Crippen LogP contribution in [0.15, 0.2) is 10.7 Å². The van der Waals surface area contributed by atoms with Gasteiger partial charge in [-0.2, -0.15) is 11.8 Å². The molecule has 0 amide bonds. The zero-order valence-electron chi connectivity index (χ0n) is 9.80. The van der Waals surface area contributed by atoms with Crippen molar-refractivity contribution in [3.05, 3.63) is 22.2 Å². The molecule has 0 spiro atoms. The van der Waals surface area contributed by atoms with Crippen LogP contribution in [0.3, 0.4) is 0 Å². The molecular formula is C11H13BrN2O2S2. The Kier molecular flexibility index (Phi) is 4.91. The third kappa shape index (κ3) is 3.00. The van der Waals surface area contributed by atoms with Crippen molar-refractivity contribution in [3.63, 3.8) is 0 Å². The monoisotopic (exact) mass is 348 g/mol. The molecule has 1 N–H and O–H groups in total. The number of aromatic carboxylic acids is 1. The minimum atomic E-state index is -1.02. The van der Waals surface area contributed by atoms with Gasteiger partial charge in [0, 0.05) is 23.0 Å². The molecule has 1 aromatic heterocycles. The zero-order chi connectivity index (χ0) is 13.1. The highest BCUT2D eigenvalue weighted by Gasteiger charge is 2.29. The SMILES string of the molecule is CCC1SCCSC1c1ncc(Br)c(C(=O)O)n1. The van der Waals surface area contributed by atoms with Crippen LogP contribution in [0.1, 0.15) is 34.9 Å². The molecule has 1 aliphatic heterocycles. The second kappa shape index (κ2) is 6.25. The van der Waals surface area contributed by atoms with Gasteiger partial charge in [0.15, 0.2) is 5.69 Å². The van der Waals surface area contributed by atoms with E-state index in [0.29, 0.717) is 15.5 Å². The molecular weight excluding hydrogens is 336 g/mol. The van der Waals surface area contributed by atoms with Crippen molar-refractivity contribution in [2.45, 2.75) is 23.8 Å². The highest BCUT2D eigenvalue weighted by Crippen LogP contribution is 2.42. The van der Waals surface area contributed by atoms with Crippen molar-refractivity contribution in [2.24, 2.45) is 0 Å². The van der Waals surface area contributed by atoms with Gasteiger partial charge in [-0.3, -0.25) is 0 Å². The lowest BCUT2D eigenvalue weighted by Crippen LogP contribution is -2.21. The molecule has 1 saturated heterocycles. The van der Waals surface area contributed by atoms with E-state index in [1.807, 2.05) is 23.5 Å². The van der Waals surface area contributed by atoms with Gasteiger partial charge in [0.2, 0.25) is 0 Å². The molecule has 0 aliphatic carbocycles. The molecule has 2 atom stereocenters. The quantitative estimate of drug-likeness (QED) is 0.904.